The van der Waals surface area contributed by atoms with Gasteiger partial charge in [0.1, 0.15) is 5.56 Å². The molecule has 0 bridgehead atoms. The molecular weight excluding hydrogens is 342 g/mol. The highest BCUT2D eigenvalue weighted by Crippen LogP contribution is 2.35. The fourth-order valence-electron chi connectivity index (χ4n) is 2.22. The van der Waals surface area contributed by atoms with Crippen molar-refractivity contribution in [2.24, 2.45) is 0 Å². The Labute approximate surface area is 130 Å². The second-order valence-electron chi connectivity index (χ2n) is 6.15. The lowest BCUT2D eigenvalue weighted by atomic mass is 10.0. The van der Waals surface area contributed by atoms with Crippen LogP contribution in [0.15, 0.2) is 4.47 Å². The van der Waals surface area contributed by atoms with E-state index in [4.69, 9.17) is 0 Å². The van der Waals surface area contributed by atoms with Crippen LogP contribution in [0.1, 0.15) is 42.4 Å². The average Bonchev–Trinajstić information content (AvgIpc) is 2.61. The standard InChI is InChI=1S/C15H17BrF2N2O/c1-6-7(2)19-13-8(6)10(16)12(18)11(17)9(13)14(21)20-15(3,4)5/h19H,1-5H3,(H,20,21). The summed E-state index contributed by atoms with van der Waals surface area (Å²) in [6, 6.07) is 0. The van der Waals surface area contributed by atoms with Crippen molar-refractivity contribution in [1.29, 1.82) is 0 Å². The molecule has 1 heterocycles. The summed E-state index contributed by atoms with van der Waals surface area (Å²) in [5.74, 6) is -2.85. The number of hydrogen-bond acceptors (Lipinski definition) is 1. The maximum absolute atomic E-state index is 14.3. The first-order valence-electron chi connectivity index (χ1n) is 6.52. The summed E-state index contributed by atoms with van der Waals surface area (Å²) >= 11 is 3.07. The highest BCUT2D eigenvalue weighted by Gasteiger charge is 2.28. The number of nitrogens with one attached hydrogen (secondary N) is 2. The molecule has 0 atom stereocenters. The number of carbonyl (C=O) groups excluding carboxylic acids is 1. The molecule has 0 unspecified atom stereocenters. The molecule has 2 N–H and O–H groups in total. The SMILES string of the molecule is Cc1[nH]c2c(C(=O)NC(C)(C)C)c(F)c(F)c(Br)c2c1C. The van der Waals surface area contributed by atoms with Crippen LogP contribution in [0.3, 0.4) is 0 Å². The Kier molecular flexibility index (Phi) is 3.86. The van der Waals surface area contributed by atoms with Crippen LogP contribution in [0.5, 0.6) is 0 Å². The van der Waals surface area contributed by atoms with Gasteiger partial charge in [-0.15, -0.1) is 0 Å². The zero-order valence-electron chi connectivity index (χ0n) is 12.5. The van der Waals surface area contributed by atoms with E-state index in [0.717, 1.165) is 11.3 Å². The Morgan fingerprint density at radius 2 is 1.76 bits per heavy atom. The highest BCUT2D eigenvalue weighted by molar-refractivity contribution is 9.10. The van der Waals surface area contributed by atoms with Crippen LogP contribution in [0, 0.1) is 25.5 Å². The molecule has 1 aromatic heterocycles. The summed E-state index contributed by atoms with van der Waals surface area (Å²) in [6.07, 6.45) is 0. The molecule has 2 aromatic rings. The summed E-state index contributed by atoms with van der Waals surface area (Å²) in [4.78, 5) is 15.3. The molecule has 1 amide bonds. The van der Waals surface area contributed by atoms with E-state index in [9.17, 15) is 13.6 Å². The topological polar surface area (TPSA) is 44.9 Å². The number of rotatable bonds is 1. The molecule has 0 aliphatic rings. The van der Waals surface area contributed by atoms with E-state index in [0.29, 0.717) is 10.9 Å². The van der Waals surface area contributed by atoms with Crippen molar-refractivity contribution in [3.05, 3.63) is 32.9 Å². The molecule has 0 spiro atoms. The van der Waals surface area contributed by atoms with Gasteiger partial charge in [0.2, 0.25) is 0 Å². The minimum atomic E-state index is -1.16. The smallest absolute Gasteiger partial charge is 0.256 e. The predicted molar refractivity (Wildman–Crippen MR) is 82.6 cm³/mol. The van der Waals surface area contributed by atoms with E-state index in [1.165, 1.54) is 0 Å². The van der Waals surface area contributed by atoms with Crippen molar-refractivity contribution in [1.82, 2.24) is 10.3 Å². The molecular formula is C15H17BrF2N2O. The number of halogens is 3. The first kappa shape index (κ1) is 15.9. The lowest BCUT2D eigenvalue weighted by Crippen LogP contribution is -2.41. The monoisotopic (exact) mass is 358 g/mol. The third kappa shape index (κ3) is 2.69. The van der Waals surface area contributed by atoms with Crippen LogP contribution in [-0.4, -0.2) is 16.4 Å². The van der Waals surface area contributed by atoms with Gasteiger partial charge in [0, 0.05) is 16.6 Å². The van der Waals surface area contributed by atoms with Gasteiger partial charge in [-0.3, -0.25) is 4.79 Å². The van der Waals surface area contributed by atoms with Gasteiger partial charge in [-0.1, -0.05) is 0 Å². The van der Waals surface area contributed by atoms with Crippen LogP contribution in [0.2, 0.25) is 0 Å². The van der Waals surface area contributed by atoms with E-state index in [-0.39, 0.29) is 10.0 Å². The van der Waals surface area contributed by atoms with Crippen LogP contribution >= 0.6 is 15.9 Å². The molecule has 1 aromatic carbocycles. The molecule has 0 saturated heterocycles. The first-order valence-corrected chi connectivity index (χ1v) is 7.31. The van der Waals surface area contributed by atoms with E-state index in [1.807, 2.05) is 0 Å². The summed E-state index contributed by atoms with van der Waals surface area (Å²) in [5.41, 5.74) is 1.01. The highest BCUT2D eigenvalue weighted by atomic mass is 79.9. The molecule has 0 aliphatic carbocycles. The van der Waals surface area contributed by atoms with Crippen LogP contribution < -0.4 is 5.32 Å². The lowest BCUT2D eigenvalue weighted by molar-refractivity contribution is 0.0916. The first-order chi connectivity index (χ1) is 9.54. The van der Waals surface area contributed by atoms with E-state index < -0.39 is 23.1 Å². The molecule has 3 nitrogen and oxygen atoms in total. The van der Waals surface area contributed by atoms with E-state index >= 15 is 0 Å². The van der Waals surface area contributed by atoms with Gasteiger partial charge in [-0.2, -0.15) is 0 Å². The van der Waals surface area contributed by atoms with Gasteiger partial charge >= 0.3 is 0 Å². The number of carbonyl (C=O) groups is 1. The summed E-state index contributed by atoms with van der Waals surface area (Å²) < 4.78 is 28.4. The predicted octanol–water partition coefficient (Wildman–Crippen LogP) is 4.35. The maximum atomic E-state index is 14.3. The minimum absolute atomic E-state index is 0.0316. The Hall–Kier alpha value is -1.43. The second-order valence-corrected chi connectivity index (χ2v) is 6.94. The van der Waals surface area contributed by atoms with Crippen molar-refractivity contribution < 1.29 is 13.6 Å². The van der Waals surface area contributed by atoms with Crippen LogP contribution in [-0.2, 0) is 0 Å². The number of H-pyrrole nitrogens is 1. The van der Waals surface area contributed by atoms with Crippen molar-refractivity contribution in [3.63, 3.8) is 0 Å². The fourth-order valence-corrected chi connectivity index (χ4v) is 2.89. The molecule has 21 heavy (non-hydrogen) atoms. The van der Waals surface area contributed by atoms with Crippen molar-refractivity contribution in [3.8, 4) is 0 Å². The Morgan fingerprint density at radius 1 is 1.19 bits per heavy atom. The normalized spacial score (nSPS) is 12.0. The number of hydrogen-bond donors (Lipinski definition) is 2. The number of aryl methyl sites for hydroxylation is 2. The number of amides is 1. The Balaban J connectivity index is 2.80. The van der Waals surface area contributed by atoms with Gasteiger partial charge in [-0.05, 0) is 56.1 Å². The number of aromatic amines is 1. The Morgan fingerprint density at radius 3 is 2.29 bits per heavy atom. The van der Waals surface area contributed by atoms with Crippen molar-refractivity contribution in [2.75, 3.05) is 0 Å². The number of aromatic nitrogens is 1. The van der Waals surface area contributed by atoms with Crippen LogP contribution in [0.25, 0.3) is 10.9 Å². The third-order valence-corrected chi connectivity index (χ3v) is 4.03. The van der Waals surface area contributed by atoms with Gasteiger partial charge in [0.15, 0.2) is 11.6 Å². The molecule has 0 radical (unpaired) electrons. The quantitative estimate of drug-likeness (QED) is 0.731. The molecule has 0 aliphatic heterocycles. The summed E-state index contributed by atoms with van der Waals surface area (Å²) in [7, 11) is 0. The lowest BCUT2D eigenvalue weighted by Gasteiger charge is -2.21. The van der Waals surface area contributed by atoms with Gasteiger partial charge < -0.3 is 10.3 Å². The number of fused-ring (bicyclic) bond motifs is 1. The van der Waals surface area contributed by atoms with Crippen LogP contribution in [0.4, 0.5) is 8.78 Å². The molecule has 114 valence electrons. The fraction of sp³-hybridized carbons (Fsp3) is 0.400. The molecule has 0 fully saturated rings. The number of benzene rings is 1. The largest absolute Gasteiger partial charge is 0.358 e. The molecule has 6 heteroatoms. The van der Waals surface area contributed by atoms with Crippen molar-refractivity contribution >= 4 is 32.7 Å². The molecule has 0 saturated carbocycles. The van der Waals surface area contributed by atoms with Gasteiger partial charge in [-0.25, -0.2) is 8.78 Å². The zero-order chi connectivity index (χ0) is 16.1. The molecule has 2 rings (SSSR count). The maximum Gasteiger partial charge on any atom is 0.256 e. The van der Waals surface area contributed by atoms with Gasteiger partial charge in [0.25, 0.3) is 5.91 Å². The second kappa shape index (κ2) is 5.09. The van der Waals surface area contributed by atoms with E-state index in [1.54, 1.807) is 34.6 Å². The summed E-state index contributed by atoms with van der Waals surface area (Å²) in [5, 5.41) is 3.15. The van der Waals surface area contributed by atoms with Crippen molar-refractivity contribution in [2.45, 2.75) is 40.2 Å². The minimum Gasteiger partial charge on any atom is -0.358 e. The van der Waals surface area contributed by atoms with E-state index in [2.05, 4.69) is 26.2 Å². The zero-order valence-corrected chi connectivity index (χ0v) is 14.1. The Bertz CT molecular complexity index is 745. The average molecular weight is 359 g/mol. The third-order valence-electron chi connectivity index (χ3n) is 3.29. The van der Waals surface area contributed by atoms with Gasteiger partial charge in [0.05, 0.1) is 9.99 Å². The summed E-state index contributed by atoms with van der Waals surface area (Å²) in [6.45, 7) is 8.92.